The summed E-state index contributed by atoms with van der Waals surface area (Å²) in [5.41, 5.74) is 0.225. The van der Waals surface area contributed by atoms with Gasteiger partial charge in [-0.1, -0.05) is 18.2 Å². The van der Waals surface area contributed by atoms with Gasteiger partial charge in [0.2, 0.25) is 0 Å². The lowest BCUT2D eigenvalue weighted by Gasteiger charge is -2.18. The molecule has 0 unspecified atom stereocenters. The molecule has 1 aliphatic rings. The molecule has 0 aromatic heterocycles. The summed E-state index contributed by atoms with van der Waals surface area (Å²) >= 11 is 0. The van der Waals surface area contributed by atoms with Gasteiger partial charge in [0.15, 0.2) is 0 Å². The van der Waals surface area contributed by atoms with E-state index in [0.717, 1.165) is 0 Å². The molecule has 8 heteroatoms. The van der Waals surface area contributed by atoms with Crippen LogP contribution in [0.25, 0.3) is 0 Å². The number of rotatable bonds is 3. The average molecular weight is 304 g/mol. The van der Waals surface area contributed by atoms with Crippen molar-refractivity contribution in [3.63, 3.8) is 0 Å². The number of ether oxygens (including phenoxy) is 1. The van der Waals surface area contributed by atoms with Gasteiger partial charge >= 0.3 is 12.4 Å². The van der Waals surface area contributed by atoms with Gasteiger partial charge in [0, 0.05) is 25.2 Å². The van der Waals surface area contributed by atoms with Crippen molar-refractivity contribution in [1.82, 2.24) is 10.2 Å². The van der Waals surface area contributed by atoms with E-state index in [9.17, 15) is 23.1 Å². The molecule has 0 spiro atoms. The molecule has 1 heterocycles. The summed E-state index contributed by atoms with van der Waals surface area (Å²) in [5.74, 6) is -0.341. The zero-order valence-corrected chi connectivity index (χ0v) is 11.1. The predicted molar refractivity (Wildman–Crippen MR) is 67.6 cm³/mol. The molecular weight excluding hydrogens is 289 g/mol. The van der Waals surface area contributed by atoms with Crippen LogP contribution in [0.2, 0.25) is 0 Å². The van der Waals surface area contributed by atoms with Crippen molar-refractivity contribution in [3.8, 4) is 5.75 Å². The Hall–Kier alpha value is -1.96. The highest BCUT2D eigenvalue weighted by Crippen LogP contribution is 2.26. The molecule has 1 saturated heterocycles. The fraction of sp³-hybridized carbons (Fsp3) is 0.462. The molecule has 116 valence electrons. The highest BCUT2D eigenvalue weighted by molar-refractivity contribution is 5.74. The van der Waals surface area contributed by atoms with Gasteiger partial charge in [-0.3, -0.25) is 0 Å². The van der Waals surface area contributed by atoms with E-state index in [1.165, 1.54) is 23.1 Å². The molecule has 21 heavy (non-hydrogen) atoms. The average Bonchev–Trinajstić information content (AvgIpc) is 2.82. The van der Waals surface area contributed by atoms with Crippen LogP contribution < -0.4 is 10.1 Å². The maximum Gasteiger partial charge on any atom is 0.573 e. The lowest BCUT2D eigenvalue weighted by Crippen LogP contribution is -2.38. The van der Waals surface area contributed by atoms with Gasteiger partial charge in [-0.25, -0.2) is 4.79 Å². The van der Waals surface area contributed by atoms with Crippen LogP contribution in [0.1, 0.15) is 12.0 Å². The van der Waals surface area contributed by atoms with Crippen LogP contribution >= 0.6 is 0 Å². The maximum atomic E-state index is 12.3. The van der Waals surface area contributed by atoms with Crippen molar-refractivity contribution in [2.24, 2.45) is 0 Å². The highest BCUT2D eigenvalue weighted by atomic mass is 19.4. The molecule has 1 fully saturated rings. The van der Waals surface area contributed by atoms with Crippen molar-refractivity contribution < 1.29 is 27.8 Å². The van der Waals surface area contributed by atoms with Gasteiger partial charge < -0.3 is 20.1 Å². The first kappa shape index (κ1) is 15.4. The normalized spacial score (nSPS) is 18.7. The lowest BCUT2D eigenvalue weighted by atomic mass is 10.2. The van der Waals surface area contributed by atoms with Gasteiger partial charge in [-0.05, 0) is 12.5 Å². The van der Waals surface area contributed by atoms with E-state index in [-0.39, 0.29) is 24.4 Å². The van der Waals surface area contributed by atoms with Crippen molar-refractivity contribution in [2.45, 2.75) is 25.4 Å². The number of hydrogen-bond donors (Lipinski definition) is 2. The number of para-hydroxylation sites is 1. The number of benzene rings is 1. The van der Waals surface area contributed by atoms with E-state index < -0.39 is 18.5 Å². The zero-order valence-electron chi connectivity index (χ0n) is 11.1. The monoisotopic (exact) mass is 304 g/mol. The number of β-amino-alcohol motifs (C(OH)–C–C–N with tert-alkyl or cyclic N) is 1. The van der Waals surface area contributed by atoms with Crippen LogP contribution in [0.5, 0.6) is 5.75 Å². The number of nitrogens with one attached hydrogen (secondary N) is 1. The first-order valence-corrected chi connectivity index (χ1v) is 6.39. The largest absolute Gasteiger partial charge is 0.573 e. The third-order valence-corrected chi connectivity index (χ3v) is 3.08. The summed E-state index contributed by atoms with van der Waals surface area (Å²) in [4.78, 5) is 13.2. The van der Waals surface area contributed by atoms with Gasteiger partial charge in [0.1, 0.15) is 5.75 Å². The first-order chi connectivity index (χ1) is 9.85. The van der Waals surface area contributed by atoms with Crippen LogP contribution in [0, 0.1) is 0 Å². The molecule has 0 bridgehead atoms. The molecule has 1 atom stereocenters. The van der Waals surface area contributed by atoms with Crippen LogP contribution in [0.15, 0.2) is 24.3 Å². The van der Waals surface area contributed by atoms with Gasteiger partial charge in [0.25, 0.3) is 0 Å². The number of alkyl halides is 3. The summed E-state index contributed by atoms with van der Waals surface area (Å²) in [6, 6.07) is 5.19. The molecule has 0 saturated carbocycles. The summed E-state index contributed by atoms with van der Waals surface area (Å²) < 4.78 is 40.7. The van der Waals surface area contributed by atoms with Gasteiger partial charge in [0.05, 0.1) is 6.10 Å². The van der Waals surface area contributed by atoms with E-state index in [4.69, 9.17) is 0 Å². The number of urea groups is 1. The third kappa shape index (κ3) is 4.52. The Labute approximate surface area is 119 Å². The van der Waals surface area contributed by atoms with Crippen molar-refractivity contribution >= 4 is 6.03 Å². The quantitative estimate of drug-likeness (QED) is 0.896. The molecule has 1 aromatic rings. The minimum absolute atomic E-state index is 0.0856. The number of aliphatic hydroxyl groups is 1. The molecule has 2 N–H and O–H groups in total. The number of hydrogen-bond acceptors (Lipinski definition) is 3. The third-order valence-electron chi connectivity index (χ3n) is 3.08. The topological polar surface area (TPSA) is 61.8 Å². The summed E-state index contributed by atoms with van der Waals surface area (Å²) in [6.07, 6.45) is -4.82. The van der Waals surface area contributed by atoms with Crippen molar-refractivity contribution in [2.75, 3.05) is 13.1 Å². The van der Waals surface area contributed by atoms with E-state index in [0.29, 0.717) is 13.0 Å². The van der Waals surface area contributed by atoms with Crippen LogP contribution in [-0.2, 0) is 6.54 Å². The van der Waals surface area contributed by atoms with E-state index >= 15 is 0 Å². The van der Waals surface area contributed by atoms with E-state index in [1.807, 2.05) is 0 Å². The Morgan fingerprint density at radius 1 is 1.43 bits per heavy atom. The fourth-order valence-electron chi connectivity index (χ4n) is 2.08. The molecule has 1 aliphatic heterocycles. The van der Waals surface area contributed by atoms with Crippen molar-refractivity contribution in [3.05, 3.63) is 29.8 Å². The van der Waals surface area contributed by atoms with E-state index in [2.05, 4.69) is 10.1 Å². The zero-order chi connectivity index (χ0) is 15.5. The fourth-order valence-corrected chi connectivity index (χ4v) is 2.08. The first-order valence-electron chi connectivity index (χ1n) is 6.39. The second-order valence-corrected chi connectivity index (χ2v) is 4.70. The van der Waals surface area contributed by atoms with Gasteiger partial charge in [-0.2, -0.15) is 0 Å². The second kappa shape index (κ2) is 6.21. The summed E-state index contributed by atoms with van der Waals surface area (Å²) in [5, 5.41) is 11.9. The number of likely N-dealkylation sites (tertiary alicyclic amines) is 1. The predicted octanol–water partition coefficient (Wildman–Crippen LogP) is 1.86. The Morgan fingerprint density at radius 2 is 2.14 bits per heavy atom. The van der Waals surface area contributed by atoms with E-state index in [1.54, 1.807) is 6.07 Å². The minimum Gasteiger partial charge on any atom is -0.405 e. The lowest BCUT2D eigenvalue weighted by molar-refractivity contribution is -0.274. The number of nitrogens with zero attached hydrogens (tertiary/aromatic N) is 1. The minimum atomic E-state index is -4.78. The summed E-state index contributed by atoms with van der Waals surface area (Å²) in [6.45, 7) is 0.567. The molecule has 5 nitrogen and oxygen atoms in total. The molecule has 0 aliphatic carbocycles. The van der Waals surface area contributed by atoms with Gasteiger partial charge in [-0.15, -0.1) is 13.2 Å². The second-order valence-electron chi connectivity index (χ2n) is 4.70. The molecule has 1 aromatic carbocycles. The number of carbonyl (C=O) groups is 1. The van der Waals surface area contributed by atoms with Crippen LogP contribution in [0.4, 0.5) is 18.0 Å². The number of carbonyl (C=O) groups excluding carboxylic acids is 1. The smallest absolute Gasteiger partial charge is 0.405 e. The Bertz CT molecular complexity index is 508. The maximum absolute atomic E-state index is 12.3. The standard InChI is InChI=1S/C13H15F3N2O3/c14-13(15,16)21-11-4-2-1-3-9(11)7-17-12(20)18-6-5-10(19)8-18/h1-4,10,19H,5-8H2,(H,17,20)/t10-/m1/s1. The molecule has 0 radical (unpaired) electrons. The summed E-state index contributed by atoms with van der Waals surface area (Å²) in [7, 11) is 0. The number of aliphatic hydroxyl groups excluding tert-OH is 1. The number of halogens is 3. The molecular formula is C13H15F3N2O3. The Morgan fingerprint density at radius 3 is 2.76 bits per heavy atom. The van der Waals surface area contributed by atoms with Crippen LogP contribution in [0.3, 0.4) is 0 Å². The molecule has 2 amide bonds. The Kier molecular flexibility index (Phi) is 4.56. The number of amides is 2. The Balaban J connectivity index is 1.95. The highest BCUT2D eigenvalue weighted by Gasteiger charge is 2.32. The molecule has 2 rings (SSSR count). The SMILES string of the molecule is O=C(NCc1ccccc1OC(F)(F)F)N1CC[C@@H](O)C1. The van der Waals surface area contributed by atoms with Crippen LogP contribution in [-0.4, -0.2) is 41.6 Å². The van der Waals surface area contributed by atoms with Crippen molar-refractivity contribution in [1.29, 1.82) is 0 Å².